The van der Waals surface area contributed by atoms with Crippen LogP contribution >= 0.6 is 0 Å². The number of fused-ring (bicyclic) bond motifs is 1. The van der Waals surface area contributed by atoms with Crippen molar-refractivity contribution in [2.45, 2.75) is 13.0 Å². The van der Waals surface area contributed by atoms with Gasteiger partial charge in [-0.05, 0) is 36.4 Å². The minimum atomic E-state index is -3.25. The normalized spacial score (nSPS) is 11.5. The van der Waals surface area contributed by atoms with Crippen molar-refractivity contribution in [1.29, 1.82) is 0 Å². The number of rotatable bonds is 5. The minimum absolute atomic E-state index is 0.0411. The molecule has 0 spiro atoms. The molecule has 142 valence electrons. The van der Waals surface area contributed by atoms with Crippen LogP contribution in [-0.2, 0) is 0 Å². The zero-order valence-corrected chi connectivity index (χ0v) is 14.8. The van der Waals surface area contributed by atoms with Crippen molar-refractivity contribution in [2.75, 3.05) is 11.1 Å². The molecule has 2 heterocycles. The Hall–Kier alpha value is -3.75. The molecule has 0 aliphatic heterocycles. The van der Waals surface area contributed by atoms with E-state index < -0.39 is 6.11 Å². The van der Waals surface area contributed by atoms with E-state index in [0.29, 0.717) is 35.2 Å². The van der Waals surface area contributed by atoms with Crippen LogP contribution in [0.25, 0.3) is 22.4 Å². The first kappa shape index (κ1) is 17.7. The number of benzene rings is 2. The molecule has 0 radical (unpaired) electrons. The summed E-state index contributed by atoms with van der Waals surface area (Å²) in [6.45, 7) is 0.678. The highest BCUT2D eigenvalue weighted by Crippen LogP contribution is 2.30. The number of H-pyrrole nitrogens is 1. The summed E-state index contributed by atoms with van der Waals surface area (Å²) in [6.07, 6.45) is -3.25. The maximum absolute atomic E-state index is 12.9. The van der Waals surface area contributed by atoms with E-state index >= 15 is 0 Å². The van der Waals surface area contributed by atoms with Gasteiger partial charge in [0.25, 0.3) is 0 Å². The number of aromatic amines is 1. The number of ether oxygens (including phenoxy) is 1. The summed E-state index contributed by atoms with van der Waals surface area (Å²) in [5, 5.41) is 10.8. The number of nitrogens with zero attached hydrogens (tertiary/aromatic N) is 3. The fourth-order valence-corrected chi connectivity index (χ4v) is 2.72. The van der Waals surface area contributed by atoms with Crippen LogP contribution in [0.5, 0.6) is 5.75 Å². The SMILES string of the molecule is CC(F)(F)Oc1ccc(-c2nc(N)c3c(Nc4ccccc4)[nH]nc3n2)cc1. The molecular formula is C19H16F2N6O. The number of hydrogen-bond donors (Lipinski definition) is 3. The van der Waals surface area contributed by atoms with Crippen molar-refractivity contribution in [3.63, 3.8) is 0 Å². The average Bonchev–Trinajstić information content (AvgIpc) is 3.05. The van der Waals surface area contributed by atoms with Crippen molar-refractivity contribution in [3.05, 3.63) is 54.6 Å². The summed E-state index contributed by atoms with van der Waals surface area (Å²) in [5.74, 6) is 1.20. The van der Waals surface area contributed by atoms with E-state index in [-0.39, 0.29) is 11.6 Å². The molecule has 2 aromatic carbocycles. The first-order chi connectivity index (χ1) is 13.4. The molecule has 0 bridgehead atoms. The van der Waals surface area contributed by atoms with Crippen molar-refractivity contribution >= 4 is 28.4 Å². The van der Waals surface area contributed by atoms with Gasteiger partial charge in [-0.1, -0.05) is 18.2 Å². The quantitative estimate of drug-likeness (QED) is 0.475. The van der Waals surface area contributed by atoms with Gasteiger partial charge < -0.3 is 15.8 Å². The first-order valence-corrected chi connectivity index (χ1v) is 8.40. The van der Waals surface area contributed by atoms with Gasteiger partial charge in [0.15, 0.2) is 11.5 Å². The van der Waals surface area contributed by atoms with Crippen LogP contribution in [0.3, 0.4) is 0 Å². The molecule has 2 aromatic heterocycles. The highest BCUT2D eigenvalue weighted by atomic mass is 19.3. The Kier molecular flexibility index (Phi) is 4.26. The number of aromatic nitrogens is 4. The van der Waals surface area contributed by atoms with Gasteiger partial charge in [-0.2, -0.15) is 13.9 Å². The second-order valence-electron chi connectivity index (χ2n) is 6.15. The molecule has 28 heavy (non-hydrogen) atoms. The maximum Gasteiger partial charge on any atom is 0.394 e. The minimum Gasteiger partial charge on any atom is -0.433 e. The Morgan fingerprint density at radius 1 is 1.04 bits per heavy atom. The lowest BCUT2D eigenvalue weighted by Gasteiger charge is -2.13. The van der Waals surface area contributed by atoms with E-state index in [0.717, 1.165) is 5.69 Å². The fourth-order valence-electron chi connectivity index (χ4n) is 2.72. The number of anilines is 3. The van der Waals surface area contributed by atoms with Crippen molar-refractivity contribution in [3.8, 4) is 17.1 Å². The van der Waals surface area contributed by atoms with Crippen molar-refractivity contribution in [1.82, 2.24) is 20.2 Å². The van der Waals surface area contributed by atoms with Gasteiger partial charge in [0, 0.05) is 18.2 Å². The van der Waals surface area contributed by atoms with Crippen molar-refractivity contribution < 1.29 is 13.5 Å². The van der Waals surface area contributed by atoms with E-state index in [4.69, 9.17) is 5.73 Å². The van der Waals surface area contributed by atoms with Gasteiger partial charge in [-0.15, -0.1) is 0 Å². The maximum atomic E-state index is 12.9. The Balaban J connectivity index is 1.65. The second kappa shape index (κ2) is 6.76. The van der Waals surface area contributed by atoms with Gasteiger partial charge in [0.1, 0.15) is 22.8 Å². The number of nitrogens with one attached hydrogen (secondary N) is 2. The first-order valence-electron chi connectivity index (χ1n) is 8.40. The van der Waals surface area contributed by atoms with E-state index in [1.807, 2.05) is 30.3 Å². The molecular weight excluding hydrogens is 366 g/mol. The zero-order chi connectivity index (χ0) is 19.7. The fraction of sp³-hybridized carbons (Fsp3) is 0.105. The Morgan fingerprint density at radius 3 is 2.43 bits per heavy atom. The lowest BCUT2D eigenvalue weighted by atomic mass is 10.2. The van der Waals surface area contributed by atoms with Crippen LogP contribution < -0.4 is 15.8 Å². The molecule has 9 heteroatoms. The Morgan fingerprint density at radius 2 is 1.75 bits per heavy atom. The largest absolute Gasteiger partial charge is 0.433 e. The third-order valence-electron chi connectivity index (χ3n) is 3.89. The molecule has 7 nitrogen and oxygen atoms in total. The molecule has 4 N–H and O–H groups in total. The standard InChI is InChI=1S/C19H16F2N6O/c1-19(20,21)28-13-9-7-11(8-10-13)16-24-15(22)14-17(26-27-18(14)25-16)23-12-5-3-2-4-6-12/h2-10H,1H3,(H4,22,23,24,25,26,27). The summed E-state index contributed by atoms with van der Waals surface area (Å²) in [5.41, 5.74) is 7.98. The van der Waals surface area contributed by atoms with Crippen LogP contribution in [0.4, 0.5) is 26.1 Å². The van der Waals surface area contributed by atoms with Crippen LogP contribution in [0.15, 0.2) is 54.6 Å². The van der Waals surface area contributed by atoms with E-state index in [1.54, 1.807) is 12.1 Å². The monoisotopic (exact) mass is 382 g/mol. The number of alkyl halides is 2. The molecule has 0 saturated carbocycles. The molecule has 0 atom stereocenters. The highest BCUT2D eigenvalue weighted by Gasteiger charge is 2.23. The average molecular weight is 382 g/mol. The number of para-hydroxylation sites is 1. The third kappa shape index (κ3) is 3.68. The molecule has 0 saturated heterocycles. The molecule has 0 aliphatic rings. The Labute approximate surface area is 158 Å². The molecule has 0 amide bonds. The molecule has 4 aromatic rings. The van der Waals surface area contributed by atoms with E-state index in [9.17, 15) is 8.78 Å². The van der Waals surface area contributed by atoms with Gasteiger partial charge >= 0.3 is 6.11 Å². The van der Waals surface area contributed by atoms with Crippen LogP contribution in [0.2, 0.25) is 0 Å². The number of nitrogens with two attached hydrogens (primary N) is 1. The topological polar surface area (TPSA) is 102 Å². The van der Waals surface area contributed by atoms with Crippen molar-refractivity contribution in [2.24, 2.45) is 0 Å². The number of hydrogen-bond acceptors (Lipinski definition) is 6. The number of nitrogen functional groups attached to an aromatic ring is 1. The summed E-state index contributed by atoms with van der Waals surface area (Å²) >= 11 is 0. The molecule has 0 unspecified atom stereocenters. The smallest absolute Gasteiger partial charge is 0.394 e. The summed E-state index contributed by atoms with van der Waals surface area (Å²) in [7, 11) is 0. The molecule has 4 rings (SSSR count). The lowest BCUT2D eigenvalue weighted by molar-refractivity contribution is -0.158. The van der Waals surface area contributed by atoms with Gasteiger partial charge in [-0.3, -0.25) is 5.10 Å². The van der Waals surface area contributed by atoms with Gasteiger partial charge in [0.05, 0.1) is 0 Å². The van der Waals surface area contributed by atoms with Crippen LogP contribution in [-0.4, -0.2) is 26.3 Å². The van der Waals surface area contributed by atoms with Crippen LogP contribution in [0, 0.1) is 0 Å². The summed E-state index contributed by atoms with van der Waals surface area (Å²) in [4.78, 5) is 8.74. The molecule has 0 fully saturated rings. The van der Waals surface area contributed by atoms with Gasteiger partial charge in [0.2, 0.25) is 0 Å². The predicted octanol–water partition coefficient (Wildman–Crippen LogP) is 4.34. The Bertz CT molecular complexity index is 1110. The van der Waals surface area contributed by atoms with Gasteiger partial charge in [-0.25, -0.2) is 9.97 Å². The highest BCUT2D eigenvalue weighted by molar-refractivity contribution is 5.97. The zero-order valence-electron chi connectivity index (χ0n) is 14.8. The summed E-state index contributed by atoms with van der Waals surface area (Å²) in [6, 6.07) is 15.5. The number of halogens is 2. The predicted molar refractivity (Wildman–Crippen MR) is 103 cm³/mol. The third-order valence-corrected chi connectivity index (χ3v) is 3.89. The molecule has 0 aliphatic carbocycles. The second-order valence-corrected chi connectivity index (χ2v) is 6.15. The van der Waals surface area contributed by atoms with E-state index in [1.165, 1.54) is 12.1 Å². The van der Waals surface area contributed by atoms with E-state index in [2.05, 4.69) is 30.2 Å². The summed E-state index contributed by atoms with van der Waals surface area (Å²) < 4.78 is 30.4. The van der Waals surface area contributed by atoms with Crippen LogP contribution in [0.1, 0.15) is 6.92 Å². The lowest BCUT2D eigenvalue weighted by Crippen LogP contribution is -2.18.